The van der Waals surface area contributed by atoms with Gasteiger partial charge >= 0.3 is 5.97 Å². The van der Waals surface area contributed by atoms with Crippen LogP contribution < -0.4 is 0 Å². The number of methoxy groups -OCH3 is 1. The van der Waals surface area contributed by atoms with E-state index in [0.717, 1.165) is 49.5 Å². The number of rotatable bonds is 8. The number of esters is 1. The number of hydrogen-bond donors (Lipinski definition) is 6. The van der Waals surface area contributed by atoms with Crippen LogP contribution in [0.3, 0.4) is 0 Å². The predicted molar refractivity (Wildman–Crippen MR) is 166 cm³/mol. The third kappa shape index (κ3) is 5.49. The molecule has 4 aliphatic carbocycles. The van der Waals surface area contributed by atoms with Crippen molar-refractivity contribution >= 4 is 12.3 Å². The molecular weight excluding hydrogens is 644 g/mol. The normalized spacial score (nSPS) is 51.2. The Morgan fingerprint density at radius 1 is 0.918 bits per heavy atom. The largest absolute Gasteiger partial charge is 0.458 e. The fourth-order valence-corrected chi connectivity index (χ4v) is 10.9. The molecule has 3 heterocycles. The smallest absolute Gasteiger partial charge is 0.331 e. The van der Waals surface area contributed by atoms with Crippen LogP contribution in [0.15, 0.2) is 23.3 Å². The van der Waals surface area contributed by atoms with Crippen molar-refractivity contribution in [1.82, 2.24) is 0 Å². The molecular formula is C35H50O14. The second kappa shape index (κ2) is 13.3. The summed E-state index contributed by atoms with van der Waals surface area (Å²) in [5.41, 5.74) is 0.806. The van der Waals surface area contributed by atoms with Gasteiger partial charge in [-0.15, -0.1) is 0 Å². The molecule has 7 aliphatic rings. The Balaban J connectivity index is 1.02. The Bertz CT molecular complexity index is 1330. The Morgan fingerprint density at radius 2 is 1.69 bits per heavy atom. The van der Waals surface area contributed by atoms with E-state index < -0.39 is 79.0 Å². The van der Waals surface area contributed by atoms with E-state index in [0.29, 0.717) is 25.9 Å². The molecule has 5 fully saturated rings. The minimum Gasteiger partial charge on any atom is -0.458 e. The summed E-state index contributed by atoms with van der Waals surface area (Å²) in [5, 5.41) is 61.7. The highest BCUT2D eigenvalue weighted by atomic mass is 16.7. The van der Waals surface area contributed by atoms with Crippen LogP contribution in [0.4, 0.5) is 0 Å². The van der Waals surface area contributed by atoms with Gasteiger partial charge in [-0.2, -0.15) is 0 Å². The second-order valence-corrected chi connectivity index (χ2v) is 15.3. The highest BCUT2D eigenvalue weighted by Gasteiger charge is 2.69. The summed E-state index contributed by atoms with van der Waals surface area (Å²) >= 11 is 0. The number of carbonyl (C=O) groups excluding carboxylic acids is 2. The molecule has 0 radical (unpaired) electrons. The van der Waals surface area contributed by atoms with Crippen molar-refractivity contribution in [2.75, 3.05) is 26.9 Å². The lowest BCUT2D eigenvalue weighted by atomic mass is 9.44. The fourth-order valence-electron chi connectivity index (χ4n) is 10.9. The van der Waals surface area contributed by atoms with Crippen molar-refractivity contribution in [3.63, 3.8) is 0 Å². The Labute approximate surface area is 284 Å². The Morgan fingerprint density at radius 3 is 2.39 bits per heavy atom. The number of cyclic esters (lactones) is 1. The molecule has 0 bridgehead atoms. The van der Waals surface area contributed by atoms with Crippen molar-refractivity contribution < 1.29 is 68.6 Å². The quantitative estimate of drug-likeness (QED) is 0.109. The number of hydrogen-bond acceptors (Lipinski definition) is 14. The molecule has 14 nitrogen and oxygen atoms in total. The first kappa shape index (κ1) is 35.6. The lowest BCUT2D eigenvalue weighted by molar-refractivity contribution is -0.345. The summed E-state index contributed by atoms with van der Waals surface area (Å²) < 4.78 is 34.8. The van der Waals surface area contributed by atoms with Crippen LogP contribution in [0, 0.1) is 28.6 Å². The van der Waals surface area contributed by atoms with Crippen LogP contribution in [0.2, 0.25) is 0 Å². The number of aldehydes is 1. The number of allylic oxidation sites excluding steroid dienone is 1. The average molecular weight is 695 g/mol. The number of fused-ring (bicyclic) bond motifs is 5. The molecule has 49 heavy (non-hydrogen) atoms. The summed E-state index contributed by atoms with van der Waals surface area (Å²) in [6, 6.07) is 0. The van der Waals surface area contributed by atoms with Crippen LogP contribution in [0.25, 0.3) is 0 Å². The van der Waals surface area contributed by atoms with Crippen LogP contribution in [-0.4, -0.2) is 137 Å². The molecule has 3 aliphatic heterocycles. The fraction of sp³-hybridized carbons (Fsp3) is 0.829. The number of aliphatic hydroxyl groups is 6. The summed E-state index contributed by atoms with van der Waals surface area (Å²) in [5.74, 6) is 0.161. The molecule has 0 amide bonds. The van der Waals surface area contributed by atoms with Gasteiger partial charge in [0.15, 0.2) is 12.6 Å². The van der Waals surface area contributed by atoms with Crippen molar-refractivity contribution in [2.45, 2.75) is 125 Å². The van der Waals surface area contributed by atoms with Gasteiger partial charge in [-0.3, -0.25) is 0 Å². The first-order valence-corrected chi connectivity index (χ1v) is 17.6. The van der Waals surface area contributed by atoms with E-state index >= 15 is 0 Å². The number of ether oxygens (including phenoxy) is 6. The zero-order valence-electron chi connectivity index (χ0n) is 28.0. The molecule has 16 atom stereocenters. The van der Waals surface area contributed by atoms with Gasteiger partial charge in [0.25, 0.3) is 0 Å². The average Bonchev–Trinajstić information content (AvgIpc) is 3.67. The van der Waals surface area contributed by atoms with Gasteiger partial charge in [0.05, 0.1) is 30.3 Å². The van der Waals surface area contributed by atoms with E-state index in [1.807, 2.05) is 6.08 Å². The van der Waals surface area contributed by atoms with Crippen molar-refractivity contribution in [3.8, 4) is 0 Å². The lowest BCUT2D eigenvalue weighted by Crippen LogP contribution is -2.63. The van der Waals surface area contributed by atoms with Gasteiger partial charge < -0.3 is 63.9 Å². The maximum atomic E-state index is 13.2. The zero-order valence-corrected chi connectivity index (χ0v) is 28.0. The summed E-state index contributed by atoms with van der Waals surface area (Å²) in [7, 11) is 1.79. The van der Waals surface area contributed by atoms with Crippen molar-refractivity contribution in [2.24, 2.45) is 28.6 Å². The predicted octanol–water partition coefficient (Wildman–Crippen LogP) is -0.355. The topological polar surface area (TPSA) is 211 Å². The first-order valence-electron chi connectivity index (χ1n) is 17.6. The molecule has 274 valence electrons. The van der Waals surface area contributed by atoms with E-state index in [1.54, 1.807) is 13.2 Å². The van der Waals surface area contributed by atoms with Gasteiger partial charge in [-0.1, -0.05) is 18.6 Å². The van der Waals surface area contributed by atoms with E-state index in [2.05, 4.69) is 6.92 Å². The third-order valence-corrected chi connectivity index (χ3v) is 13.4. The molecule has 0 unspecified atom stereocenters. The van der Waals surface area contributed by atoms with Crippen LogP contribution in [-0.2, 0) is 38.0 Å². The maximum Gasteiger partial charge on any atom is 0.331 e. The lowest BCUT2D eigenvalue weighted by Gasteiger charge is -2.62. The zero-order chi connectivity index (χ0) is 34.9. The molecule has 2 saturated heterocycles. The molecule has 14 heteroatoms. The summed E-state index contributed by atoms with van der Waals surface area (Å²) in [4.78, 5) is 25.1. The van der Waals surface area contributed by atoms with Gasteiger partial charge in [0, 0.05) is 18.6 Å². The van der Waals surface area contributed by atoms with Crippen LogP contribution >= 0.6 is 0 Å². The third-order valence-electron chi connectivity index (χ3n) is 13.4. The van der Waals surface area contributed by atoms with Crippen LogP contribution in [0.1, 0.15) is 58.3 Å². The molecule has 0 aromatic rings. The number of aliphatic hydroxyl groups excluding tert-OH is 6. The van der Waals surface area contributed by atoms with E-state index in [9.17, 15) is 40.2 Å². The second-order valence-electron chi connectivity index (χ2n) is 15.3. The Hall–Kier alpha value is -1.82. The number of carbonyl (C=O) groups is 2. The Kier molecular flexibility index (Phi) is 9.66. The van der Waals surface area contributed by atoms with Crippen LogP contribution in [0.5, 0.6) is 0 Å². The maximum absolute atomic E-state index is 13.2. The van der Waals surface area contributed by atoms with Gasteiger partial charge in [0.2, 0.25) is 0 Å². The van der Waals surface area contributed by atoms with Crippen molar-refractivity contribution in [1.29, 1.82) is 0 Å². The molecule has 3 saturated carbocycles. The molecule has 6 N–H and O–H groups in total. The molecule has 0 aromatic heterocycles. The highest BCUT2D eigenvalue weighted by molar-refractivity contribution is 5.85. The minimum atomic E-state index is -1.67. The van der Waals surface area contributed by atoms with Crippen molar-refractivity contribution in [3.05, 3.63) is 23.3 Å². The summed E-state index contributed by atoms with van der Waals surface area (Å²) in [6.07, 6.45) is -2.56. The van der Waals surface area contributed by atoms with Gasteiger partial charge in [-0.05, 0) is 74.7 Å². The molecule has 7 rings (SSSR count). The van der Waals surface area contributed by atoms with Gasteiger partial charge in [0.1, 0.15) is 55.6 Å². The molecule has 0 spiro atoms. The molecule has 0 aromatic carbocycles. The van der Waals surface area contributed by atoms with Gasteiger partial charge in [-0.25, -0.2) is 4.79 Å². The first-order chi connectivity index (χ1) is 23.4. The van der Waals surface area contributed by atoms with E-state index in [1.165, 1.54) is 0 Å². The monoisotopic (exact) mass is 694 g/mol. The minimum absolute atomic E-state index is 0.0897. The van der Waals surface area contributed by atoms with E-state index in [4.69, 9.17) is 28.4 Å². The highest BCUT2D eigenvalue weighted by Crippen LogP contribution is 2.70. The standard InChI is InChI=1S/C35H50O14/c1-33-8-6-21-22(35(33,44-2)10-7-20(33)17-11-25(38)45-14-17)4-3-18-12-19(5-9-34(18,21)16-37)47-31-29(42)27(40)24(15-46-31)49-32-30(43)28(41)26(39)23(13-36)48-32/h11-12,16,19-24,26-32,36,39-43H,3-10,13-15H2,1-2H3/t19-,20+,21-,22+,23+,24+,26+,27-,28-,29+,30+,31-,32-,33+,34+,35-/m0/s1. The SMILES string of the molecule is CO[C@]12CC[C@H](C3=CC(=O)OC3)[C@@]1(C)CC[C@H]1[C@H]2CCC2=C[C@@H](O[C@@H]3OC[C@@H](O[C@@H]4O[C@H](CO)[C@@H](O)[C@H](O)[C@H]4O)[C@H](O)[C@H]3O)CC[C@@]21C=O. The van der Waals surface area contributed by atoms with E-state index in [-0.39, 0.29) is 35.7 Å². The summed E-state index contributed by atoms with van der Waals surface area (Å²) in [6.45, 7) is 1.75.